The fraction of sp³-hybridized carbons (Fsp3) is 1.00. The summed E-state index contributed by atoms with van der Waals surface area (Å²) in [6.45, 7) is 4.42. The van der Waals surface area contributed by atoms with Gasteiger partial charge in [-0.05, 0) is 62.2 Å². The van der Waals surface area contributed by atoms with Crippen LogP contribution in [0.5, 0.6) is 0 Å². The Kier molecular flexibility index (Phi) is 8.28. The first kappa shape index (κ1) is 18.3. The van der Waals surface area contributed by atoms with Gasteiger partial charge in [-0.15, -0.1) is 0 Å². The molecule has 1 heteroatoms. The Morgan fingerprint density at radius 1 is 0.773 bits per heavy atom. The van der Waals surface area contributed by atoms with Crippen molar-refractivity contribution in [3.8, 4) is 0 Å². The molecule has 2 aliphatic carbocycles. The van der Waals surface area contributed by atoms with E-state index in [1.165, 1.54) is 77.0 Å². The van der Waals surface area contributed by atoms with Gasteiger partial charge in [0.1, 0.15) is 0 Å². The van der Waals surface area contributed by atoms with Gasteiger partial charge in [-0.25, -0.2) is 0 Å². The molecule has 1 unspecified atom stereocenters. The van der Waals surface area contributed by atoms with E-state index in [4.69, 9.17) is 0 Å². The van der Waals surface area contributed by atoms with Crippen molar-refractivity contribution >= 4 is 0 Å². The lowest BCUT2D eigenvalue weighted by molar-refractivity contribution is 0.0985. The van der Waals surface area contributed by atoms with Gasteiger partial charge in [0, 0.05) is 0 Å². The van der Waals surface area contributed by atoms with Gasteiger partial charge in [-0.3, -0.25) is 0 Å². The average Bonchev–Trinajstić information content (AvgIpc) is 2.56. The van der Waals surface area contributed by atoms with Crippen LogP contribution in [0.25, 0.3) is 0 Å². The van der Waals surface area contributed by atoms with Crippen LogP contribution in [0.1, 0.15) is 104 Å². The topological polar surface area (TPSA) is 20.2 Å². The number of aliphatic hydroxyl groups is 1. The maximum atomic E-state index is 9.84. The molecular weight excluding hydrogens is 268 g/mol. The smallest absolute Gasteiger partial charge is 0.0540 e. The van der Waals surface area contributed by atoms with E-state index in [0.717, 1.165) is 36.5 Å². The van der Waals surface area contributed by atoms with Gasteiger partial charge in [0.05, 0.1) is 6.10 Å². The molecule has 2 fully saturated rings. The second kappa shape index (κ2) is 9.96. The van der Waals surface area contributed by atoms with Crippen molar-refractivity contribution in [1.82, 2.24) is 0 Å². The molecule has 1 N–H and O–H groups in total. The predicted molar refractivity (Wildman–Crippen MR) is 96.0 cm³/mol. The molecule has 0 aromatic rings. The van der Waals surface area contributed by atoms with E-state index in [1.54, 1.807) is 0 Å². The predicted octanol–water partition coefficient (Wildman–Crippen LogP) is 6.34. The third kappa shape index (κ3) is 5.87. The minimum Gasteiger partial charge on any atom is -0.393 e. The van der Waals surface area contributed by atoms with Gasteiger partial charge in [0.2, 0.25) is 0 Å². The minimum atomic E-state index is -0.0416. The SMILES string of the molecule is CCCCCC1CCC(C2CCC(CC(O)CC)CC2)CC1. The van der Waals surface area contributed by atoms with Crippen LogP contribution < -0.4 is 0 Å². The maximum absolute atomic E-state index is 9.84. The molecule has 22 heavy (non-hydrogen) atoms. The number of unbranched alkanes of at least 4 members (excludes halogenated alkanes) is 2. The monoisotopic (exact) mass is 308 g/mol. The third-order valence-electron chi connectivity index (χ3n) is 6.74. The van der Waals surface area contributed by atoms with E-state index < -0.39 is 0 Å². The molecular formula is C21H40O. The van der Waals surface area contributed by atoms with E-state index in [0.29, 0.717) is 0 Å². The van der Waals surface area contributed by atoms with Crippen LogP contribution in [0.4, 0.5) is 0 Å². The van der Waals surface area contributed by atoms with E-state index >= 15 is 0 Å². The van der Waals surface area contributed by atoms with Crippen molar-refractivity contribution in [2.24, 2.45) is 23.7 Å². The molecule has 0 aromatic heterocycles. The van der Waals surface area contributed by atoms with Gasteiger partial charge >= 0.3 is 0 Å². The Balaban J connectivity index is 1.62. The van der Waals surface area contributed by atoms with Gasteiger partial charge in [0.15, 0.2) is 0 Å². The van der Waals surface area contributed by atoms with E-state index in [9.17, 15) is 5.11 Å². The Morgan fingerprint density at radius 3 is 1.82 bits per heavy atom. The first-order chi connectivity index (χ1) is 10.7. The second-order valence-corrected chi connectivity index (χ2v) is 8.36. The van der Waals surface area contributed by atoms with Gasteiger partial charge in [-0.1, -0.05) is 65.2 Å². The highest BCUT2D eigenvalue weighted by atomic mass is 16.3. The average molecular weight is 309 g/mol. The Morgan fingerprint density at radius 2 is 1.32 bits per heavy atom. The lowest BCUT2D eigenvalue weighted by Crippen LogP contribution is -2.27. The molecule has 0 heterocycles. The summed E-state index contributed by atoms with van der Waals surface area (Å²) in [6.07, 6.45) is 19.5. The van der Waals surface area contributed by atoms with Crippen molar-refractivity contribution in [3.05, 3.63) is 0 Å². The summed E-state index contributed by atoms with van der Waals surface area (Å²) in [6, 6.07) is 0. The normalized spacial score (nSPS) is 34.5. The van der Waals surface area contributed by atoms with Crippen LogP contribution in [0, 0.1) is 23.7 Å². The second-order valence-electron chi connectivity index (χ2n) is 8.36. The first-order valence-corrected chi connectivity index (χ1v) is 10.4. The highest BCUT2D eigenvalue weighted by Crippen LogP contribution is 2.43. The number of hydrogen-bond acceptors (Lipinski definition) is 1. The Hall–Kier alpha value is -0.0400. The molecule has 1 nitrogen and oxygen atoms in total. The molecule has 2 aliphatic rings. The van der Waals surface area contributed by atoms with Crippen LogP contribution in [-0.2, 0) is 0 Å². The summed E-state index contributed by atoms with van der Waals surface area (Å²) in [5.41, 5.74) is 0. The number of hydrogen-bond donors (Lipinski definition) is 1. The van der Waals surface area contributed by atoms with Crippen molar-refractivity contribution < 1.29 is 5.11 Å². The number of aliphatic hydroxyl groups excluding tert-OH is 1. The van der Waals surface area contributed by atoms with Gasteiger partial charge in [0.25, 0.3) is 0 Å². The van der Waals surface area contributed by atoms with Crippen molar-refractivity contribution in [3.63, 3.8) is 0 Å². The van der Waals surface area contributed by atoms with Gasteiger partial charge < -0.3 is 5.11 Å². The summed E-state index contributed by atoms with van der Waals surface area (Å²) in [7, 11) is 0. The molecule has 0 saturated heterocycles. The molecule has 130 valence electrons. The van der Waals surface area contributed by atoms with Crippen molar-refractivity contribution in [1.29, 1.82) is 0 Å². The Bertz CT molecular complexity index is 272. The summed E-state index contributed by atoms with van der Waals surface area (Å²) < 4.78 is 0. The first-order valence-electron chi connectivity index (χ1n) is 10.4. The largest absolute Gasteiger partial charge is 0.393 e. The summed E-state index contributed by atoms with van der Waals surface area (Å²) >= 11 is 0. The lowest BCUT2D eigenvalue weighted by Gasteiger charge is -2.38. The highest BCUT2D eigenvalue weighted by molar-refractivity contribution is 4.82. The maximum Gasteiger partial charge on any atom is 0.0540 e. The molecule has 0 radical (unpaired) electrons. The molecule has 0 amide bonds. The van der Waals surface area contributed by atoms with E-state index in [1.807, 2.05) is 0 Å². The van der Waals surface area contributed by atoms with Crippen LogP contribution in [0.15, 0.2) is 0 Å². The molecule has 2 saturated carbocycles. The molecule has 0 aliphatic heterocycles. The standard InChI is InChI=1S/C21H40O/c1-3-5-6-7-17-8-12-19(13-9-17)20-14-10-18(11-15-20)16-21(22)4-2/h17-22H,3-16H2,1-2H3. The van der Waals surface area contributed by atoms with Gasteiger partial charge in [-0.2, -0.15) is 0 Å². The summed E-state index contributed by atoms with van der Waals surface area (Å²) in [4.78, 5) is 0. The highest BCUT2D eigenvalue weighted by Gasteiger charge is 2.31. The minimum absolute atomic E-state index is 0.0416. The molecule has 0 spiro atoms. The molecule has 1 atom stereocenters. The zero-order chi connectivity index (χ0) is 15.8. The summed E-state index contributed by atoms with van der Waals surface area (Å²) in [5, 5.41) is 9.84. The fourth-order valence-corrected chi connectivity index (χ4v) is 5.08. The zero-order valence-corrected chi connectivity index (χ0v) is 15.2. The van der Waals surface area contributed by atoms with E-state index in [2.05, 4.69) is 13.8 Å². The number of rotatable bonds is 8. The van der Waals surface area contributed by atoms with Crippen LogP contribution in [0.3, 0.4) is 0 Å². The quantitative estimate of drug-likeness (QED) is 0.519. The Labute approximate surface area is 139 Å². The van der Waals surface area contributed by atoms with Crippen LogP contribution in [0.2, 0.25) is 0 Å². The van der Waals surface area contributed by atoms with Crippen molar-refractivity contribution in [2.45, 2.75) is 110 Å². The van der Waals surface area contributed by atoms with Crippen LogP contribution in [-0.4, -0.2) is 11.2 Å². The van der Waals surface area contributed by atoms with E-state index in [-0.39, 0.29) is 6.10 Å². The zero-order valence-electron chi connectivity index (χ0n) is 15.2. The fourth-order valence-electron chi connectivity index (χ4n) is 5.08. The third-order valence-corrected chi connectivity index (χ3v) is 6.74. The van der Waals surface area contributed by atoms with Crippen LogP contribution >= 0.6 is 0 Å². The molecule has 2 rings (SSSR count). The lowest BCUT2D eigenvalue weighted by atomic mass is 9.68. The molecule has 0 aromatic carbocycles. The van der Waals surface area contributed by atoms with Crippen molar-refractivity contribution in [2.75, 3.05) is 0 Å². The molecule has 0 bridgehead atoms. The summed E-state index contributed by atoms with van der Waals surface area (Å²) in [5.74, 6) is 3.93.